The fourth-order valence-corrected chi connectivity index (χ4v) is 3.61. The summed E-state index contributed by atoms with van der Waals surface area (Å²) in [5.74, 6) is 1.07. The zero-order valence-corrected chi connectivity index (χ0v) is 15.2. The van der Waals surface area contributed by atoms with E-state index in [0.717, 1.165) is 38.8 Å². The van der Waals surface area contributed by atoms with E-state index in [1.165, 1.54) is 0 Å². The molecule has 0 unspecified atom stereocenters. The maximum absolute atomic E-state index is 12.7. The van der Waals surface area contributed by atoms with Gasteiger partial charge in [-0.25, -0.2) is 0 Å². The average molecular weight is 389 g/mol. The molecule has 0 spiro atoms. The third-order valence-electron chi connectivity index (χ3n) is 3.67. The number of rotatable bonds is 4. The Hall–Kier alpha value is -1.59. The number of amidine groups is 1. The van der Waals surface area contributed by atoms with E-state index in [-0.39, 0.29) is 5.78 Å². The molecule has 0 radical (unpaired) electrons. The first-order valence-electron chi connectivity index (χ1n) is 7.44. The van der Waals surface area contributed by atoms with Gasteiger partial charge >= 0.3 is 0 Å². The summed E-state index contributed by atoms with van der Waals surface area (Å²) in [7, 11) is 0. The molecule has 3 nitrogen and oxygen atoms in total. The SMILES string of the molecule is Cc1ccccc1N(CC(=O)c1ccc(Br)cc1)C1=NCCS1. The van der Waals surface area contributed by atoms with Crippen molar-refractivity contribution in [1.82, 2.24) is 0 Å². The van der Waals surface area contributed by atoms with Crippen LogP contribution in [0.1, 0.15) is 15.9 Å². The van der Waals surface area contributed by atoms with Gasteiger partial charge in [-0.1, -0.05) is 58.0 Å². The molecular formula is C18H17BrN2OS. The third kappa shape index (κ3) is 3.85. The van der Waals surface area contributed by atoms with E-state index in [4.69, 9.17) is 0 Å². The number of hydrogen-bond donors (Lipinski definition) is 0. The Bertz CT molecular complexity index is 743. The number of carbonyl (C=O) groups is 1. The van der Waals surface area contributed by atoms with Crippen molar-refractivity contribution in [2.75, 3.05) is 23.7 Å². The van der Waals surface area contributed by atoms with Crippen LogP contribution in [0.5, 0.6) is 0 Å². The third-order valence-corrected chi connectivity index (χ3v) is 5.20. The highest BCUT2D eigenvalue weighted by molar-refractivity contribution is 9.10. The van der Waals surface area contributed by atoms with E-state index < -0.39 is 0 Å². The number of anilines is 1. The smallest absolute Gasteiger partial charge is 0.182 e. The van der Waals surface area contributed by atoms with Gasteiger partial charge in [0.15, 0.2) is 11.0 Å². The molecule has 0 N–H and O–H groups in total. The maximum Gasteiger partial charge on any atom is 0.182 e. The Morgan fingerprint density at radius 2 is 1.96 bits per heavy atom. The molecule has 0 saturated carbocycles. The lowest BCUT2D eigenvalue weighted by molar-refractivity contribution is 0.100. The Morgan fingerprint density at radius 3 is 2.61 bits per heavy atom. The molecule has 23 heavy (non-hydrogen) atoms. The van der Waals surface area contributed by atoms with Gasteiger partial charge in [0.05, 0.1) is 13.1 Å². The highest BCUT2D eigenvalue weighted by Crippen LogP contribution is 2.26. The zero-order valence-electron chi connectivity index (χ0n) is 12.8. The Kier molecular flexibility index (Phi) is 5.18. The minimum Gasteiger partial charge on any atom is -0.313 e. The number of halogens is 1. The lowest BCUT2D eigenvalue weighted by atomic mass is 10.1. The monoisotopic (exact) mass is 388 g/mol. The van der Waals surface area contributed by atoms with Crippen molar-refractivity contribution < 1.29 is 4.79 Å². The van der Waals surface area contributed by atoms with Crippen molar-refractivity contribution in [3.63, 3.8) is 0 Å². The first kappa shape index (κ1) is 16.3. The van der Waals surface area contributed by atoms with Crippen molar-refractivity contribution in [3.8, 4) is 0 Å². The molecule has 5 heteroatoms. The minimum atomic E-state index is 0.0935. The number of aliphatic imine (C=N–C) groups is 1. The molecule has 2 aromatic rings. The highest BCUT2D eigenvalue weighted by Gasteiger charge is 2.22. The van der Waals surface area contributed by atoms with Crippen molar-refractivity contribution in [3.05, 3.63) is 64.1 Å². The second kappa shape index (κ2) is 7.32. The fourth-order valence-electron chi connectivity index (χ4n) is 2.48. The van der Waals surface area contributed by atoms with Gasteiger partial charge in [-0.15, -0.1) is 0 Å². The molecular weight excluding hydrogens is 372 g/mol. The molecule has 0 atom stereocenters. The number of carbonyl (C=O) groups excluding carboxylic acids is 1. The molecule has 0 aromatic heterocycles. The number of para-hydroxylation sites is 1. The molecule has 0 saturated heterocycles. The van der Waals surface area contributed by atoms with Crippen LogP contribution >= 0.6 is 27.7 Å². The van der Waals surface area contributed by atoms with Gasteiger partial charge in [0.2, 0.25) is 0 Å². The summed E-state index contributed by atoms with van der Waals surface area (Å²) in [6.45, 7) is 3.18. The Balaban J connectivity index is 1.89. The van der Waals surface area contributed by atoms with E-state index in [9.17, 15) is 4.79 Å². The van der Waals surface area contributed by atoms with E-state index in [1.54, 1.807) is 11.8 Å². The predicted octanol–water partition coefficient (Wildman–Crippen LogP) is 4.55. The Labute approximate surface area is 148 Å². The van der Waals surface area contributed by atoms with Crippen LogP contribution in [0, 0.1) is 6.92 Å². The van der Waals surface area contributed by atoms with E-state index in [1.807, 2.05) is 47.4 Å². The van der Waals surface area contributed by atoms with Gasteiger partial charge in [-0.2, -0.15) is 0 Å². The van der Waals surface area contributed by atoms with Crippen LogP contribution in [0.15, 0.2) is 58.0 Å². The van der Waals surface area contributed by atoms with Crippen LogP contribution < -0.4 is 4.90 Å². The van der Waals surface area contributed by atoms with Crippen LogP contribution in [-0.2, 0) is 0 Å². The zero-order chi connectivity index (χ0) is 16.2. The molecule has 0 amide bonds. The number of hydrogen-bond acceptors (Lipinski definition) is 4. The molecule has 118 valence electrons. The van der Waals surface area contributed by atoms with Gasteiger partial charge in [0.1, 0.15) is 0 Å². The van der Waals surface area contributed by atoms with Gasteiger partial charge < -0.3 is 4.90 Å². The Morgan fingerprint density at radius 1 is 1.22 bits per heavy atom. The fraction of sp³-hybridized carbons (Fsp3) is 0.222. The van der Waals surface area contributed by atoms with Gasteiger partial charge in [0, 0.05) is 21.5 Å². The molecule has 1 aliphatic heterocycles. The lowest BCUT2D eigenvalue weighted by Gasteiger charge is -2.25. The van der Waals surface area contributed by atoms with Crippen molar-refractivity contribution in [2.45, 2.75) is 6.92 Å². The normalized spacial score (nSPS) is 13.7. The van der Waals surface area contributed by atoms with Crippen LogP contribution in [0.4, 0.5) is 5.69 Å². The summed E-state index contributed by atoms with van der Waals surface area (Å²) >= 11 is 5.11. The largest absolute Gasteiger partial charge is 0.313 e. The van der Waals surface area contributed by atoms with Gasteiger partial charge in [-0.3, -0.25) is 9.79 Å². The molecule has 0 fully saturated rings. The van der Waals surface area contributed by atoms with E-state index in [2.05, 4.69) is 33.9 Å². The van der Waals surface area contributed by atoms with E-state index in [0.29, 0.717) is 6.54 Å². The maximum atomic E-state index is 12.7. The number of ketones is 1. The average Bonchev–Trinajstić information content (AvgIpc) is 3.08. The second-order valence-corrected chi connectivity index (χ2v) is 7.29. The minimum absolute atomic E-state index is 0.0935. The number of nitrogens with zero attached hydrogens (tertiary/aromatic N) is 2. The lowest BCUT2D eigenvalue weighted by Crippen LogP contribution is -2.34. The molecule has 0 aliphatic carbocycles. The second-order valence-electron chi connectivity index (χ2n) is 5.32. The number of Topliss-reactive ketones (excluding diaryl/α,β-unsaturated/α-hetero) is 1. The van der Waals surface area contributed by atoms with Gasteiger partial charge in [0.25, 0.3) is 0 Å². The topological polar surface area (TPSA) is 32.7 Å². The molecule has 1 aliphatic rings. The van der Waals surface area contributed by atoms with Crippen LogP contribution in [-0.4, -0.2) is 29.8 Å². The summed E-state index contributed by atoms with van der Waals surface area (Å²) in [4.78, 5) is 19.3. The predicted molar refractivity (Wildman–Crippen MR) is 102 cm³/mol. The molecule has 0 bridgehead atoms. The van der Waals surface area contributed by atoms with Crippen molar-refractivity contribution in [2.24, 2.45) is 4.99 Å². The van der Waals surface area contributed by atoms with Crippen LogP contribution in [0.3, 0.4) is 0 Å². The van der Waals surface area contributed by atoms with Crippen LogP contribution in [0.25, 0.3) is 0 Å². The molecule has 3 rings (SSSR count). The first-order chi connectivity index (χ1) is 11.1. The summed E-state index contributed by atoms with van der Waals surface area (Å²) in [5, 5.41) is 0.935. The molecule has 1 heterocycles. The highest BCUT2D eigenvalue weighted by atomic mass is 79.9. The summed E-state index contributed by atoms with van der Waals surface area (Å²) in [6, 6.07) is 15.6. The summed E-state index contributed by atoms with van der Waals surface area (Å²) in [6.07, 6.45) is 0. The quantitative estimate of drug-likeness (QED) is 0.720. The van der Waals surface area contributed by atoms with Crippen molar-refractivity contribution >= 4 is 44.3 Å². The summed E-state index contributed by atoms with van der Waals surface area (Å²) in [5.41, 5.74) is 2.91. The number of aryl methyl sites for hydroxylation is 1. The number of thioether (sulfide) groups is 1. The van der Waals surface area contributed by atoms with Crippen LogP contribution in [0.2, 0.25) is 0 Å². The first-order valence-corrected chi connectivity index (χ1v) is 9.22. The van der Waals surface area contributed by atoms with E-state index >= 15 is 0 Å². The van der Waals surface area contributed by atoms with Crippen molar-refractivity contribution in [1.29, 1.82) is 0 Å². The molecule has 2 aromatic carbocycles. The summed E-state index contributed by atoms with van der Waals surface area (Å²) < 4.78 is 0.973. The van der Waals surface area contributed by atoms with Gasteiger partial charge in [-0.05, 0) is 30.7 Å². The standard InChI is InChI=1S/C18H17BrN2OS/c1-13-4-2-3-5-16(13)21(18-20-10-11-23-18)12-17(22)14-6-8-15(19)9-7-14/h2-9H,10-12H2,1H3. The number of benzene rings is 2.